The molecule has 0 aromatic heterocycles. The van der Waals surface area contributed by atoms with Gasteiger partial charge in [0.05, 0.1) is 0 Å². The molecule has 1 heterocycles. The van der Waals surface area contributed by atoms with Crippen LogP contribution in [0.5, 0.6) is 0 Å². The molecule has 0 bridgehead atoms. The normalized spacial score (nSPS) is 30.5. The van der Waals surface area contributed by atoms with E-state index in [1.165, 1.54) is 37.9 Å². The van der Waals surface area contributed by atoms with E-state index in [2.05, 4.69) is 49.3 Å². The zero-order chi connectivity index (χ0) is 13.4. The molecule has 2 heteroatoms. The SMILES string of the molecule is CNC1CCN(c2ccc3c(c2)CCC3)C(C)C1C. The lowest BCUT2D eigenvalue weighted by Crippen LogP contribution is -2.52. The van der Waals surface area contributed by atoms with E-state index < -0.39 is 0 Å². The standard InChI is InChI=1S/C17H26N2/c1-12-13(2)19(10-9-17(12)18-3)16-8-7-14-5-4-6-15(14)11-16/h7-8,11-13,17-18H,4-6,9-10H2,1-3H3. The first-order valence-corrected chi connectivity index (χ1v) is 7.76. The lowest BCUT2D eigenvalue weighted by Gasteiger charge is -2.44. The van der Waals surface area contributed by atoms with Crippen molar-refractivity contribution in [3.05, 3.63) is 29.3 Å². The molecule has 3 atom stereocenters. The zero-order valence-corrected chi connectivity index (χ0v) is 12.4. The Hall–Kier alpha value is -1.02. The Morgan fingerprint density at radius 2 is 1.95 bits per heavy atom. The molecule has 1 fully saturated rings. The second kappa shape index (κ2) is 5.16. The van der Waals surface area contributed by atoms with Gasteiger partial charge in [-0.25, -0.2) is 0 Å². The molecule has 1 N–H and O–H groups in total. The van der Waals surface area contributed by atoms with Crippen molar-refractivity contribution in [1.82, 2.24) is 5.32 Å². The van der Waals surface area contributed by atoms with Gasteiger partial charge in [-0.3, -0.25) is 0 Å². The monoisotopic (exact) mass is 258 g/mol. The number of hydrogen-bond acceptors (Lipinski definition) is 2. The summed E-state index contributed by atoms with van der Waals surface area (Å²) >= 11 is 0. The number of anilines is 1. The molecule has 3 unspecified atom stereocenters. The number of nitrogens with zero attached hydrogens (tertiary/aromatic N) is 1. The summed E-state index contributed by atoms with van der Waals surface area (Å²) in [6, 6.07) is 8.43. The molecule has 2 aliphatic rings. The Labute approximate surface area is 117 Å². The zero-order valence-electron chi connectivity index (χ0n) is 12.4. The summed E-state index contributed by atoms with van der Waals surface area (Å²) < 4.78 is 0. The van der Waals surface area contributed by atoms with Gasteiger partial charge in [-0.15, -0.1) is 0 Å². The summed E-state index contributed by atoms with van der Waals surface area (Å²) in [4.78, 5) is 2.61. The number of piperidine rings is 1. The maximum Gasteiger partial charge on any atom is 0.0371 e. The van der Waals surface area contributed by atoms with Crippen LogP contribution in [0.4, 0.5) is 5.69 Å². The smallest absolute Gasteiger partial charge is 0.0371 e. The number of benzene rings is 1. The van der Waals surface area contributed by atoms with Crippen molar-refractivity contribution in [2.45, 2.75) is 51.6 Å². The van der Waals surface area contributed by atoms with Gasteiger partial charge in [0.1, 0.15) is 0 Å². The van der Waals surface area contributed by atoms with E-state index in [9.17, 15) is 0 Å². The average molecular weight is 258 g/mol. The second-order valence-electron chi connectivity index (χ2n) is 6.28. The average Bonchev–Trinajstić information content (AvgIpc) is 2.89. The number of aryl methyl sites for hydroxylation is 2. The molecule has 1 aromatic carbocycles. The Morgan fingerprint density at radius 3 is 2.74 bits per heavy atom. The molecule has 0 saturated carbocycles. The number of nitrogens with one attached hydrogen (secondary N) is 1. The summed E-state index contributed by atoms with van der Waals surface area (Å²) in [5.41, 5.74) is 4.61. The highest BCUT2D eigenvalue weighted by molar-refractivity contribution is 5.53. The maximum atomic E-state index is 3.47. The lowest BCUT2D eigenvalue weighted by molar-refractivity contribution is 0.282. The van der Waals surface area contributed by atoms with Gasteiger partial charge in [0.15, 0.2) is 0 Å². The Bertz CT molecular complexity index is 455. The van der Waals surface area contributed by atoms with Crippen molar-refractivity contribution >= 4 is 5.69 Å². The first-order chi connectivity index (χ1) is 9.20. The Kier molecular flexibility index (Phi) is 3.53. The molecule has 1 aromatic rings. The molecule has 3 rings (SSSR count). The van der Waals surface area contributed by atoms with Crippen molar-refractivity contribution in [3.63, 3.8) is 0 Å². The fourth-order valence-corrected chi connectivity index (χ4v) is 3.87. The van der Waals surface area contributed by atoms with Crippen LogP contribution in [-0.2, 0) is 12.8 Å². The van der Waals surface area contributed by atoms with Crippen LogP contribution in [0.3, 0.4) is 0 Å². The largest absolute Gasteiger partial charge is 0.368 e. The quantitative estimate of drug-likeness (QED) is 0.877. The molecule has 104 valence electrons. The van der Waals surface area contributed by atoms with Crippen LogP contribution >= 0.6 is 0 Å². The van der Waals surface area contributed by atoms with Gasteiger partial charge in [-0.2, -0.15) is 0 Å². The van der Waals surface area contributed by atoms with E-state index in [4.69, 9.17) is 0 Å². The van der Waals surface area contributed by atoms with Crippen molar-refractivity contribution in [2.75, 3.05) is 18.5 Å². The van der Waals surface area contributed by atoms with Crippen LogP contribution in [-0.4, -0.2) is 25.7 Å². The van der Waals surface area contributed by atoms with Crippen LogP contribution in [0.25, 0.3) is 0 Å². The molecule has 1 aliphatic heterocycles. The predicted molar refractivity (Wildman–Crippen MR) is 81.9 cm³/mol. The molecule has 2 nitrogen and oxygen atoms in total. The van der Waals surface area contributed by atoms with Gasteiger partial charge in [0.2, 0.25) is 0 Å². The topological polar surface area (TPSA) is 15.3 Å². The summed E-state index contributed by atoms with van der Waals surface area (Å²) in [6.07, 6.45) is 5.15. The van der Waals surface area contributed by atoms with Crippen LogP contribution in [0.15, 0.2) is 18.2 Å². The van der Waals surface area contributed by atoms with E-state index >= 15 is 0 Å². The van der Waals surface area contributed by atoms with Gasteiger partial charge in [-0.05, 0) is 68.8 Å². The molecule has 1 aliphatic carbocycles. The van der Waals surface area contributed by atoms with Crippen molar-refractivity contribution in [3.8, 4) is 0 Å². The van der Waals surface area contributed by atoms with Gasteiger partial charge in [-0.1, -0.05) is 13.0 Å². The van der Waals surface area contributed by atoms with E-state index in [1.54, 1.807) is 11.1 Å². The minimum Gasteiger partial charge on any atom is -0.368 e. The Morgan fingerprint density at radius 1 is 1.16 bits per heavy atom. The van der Waals surface area contributed by atoms with E-state index in [-0.39, 0.29) is 0 Å². The van der Waals surface area contributed by atoms with E-state index in [0.717, 1.165) is 0 Å². The third-order valence-corrected chi connectivity index (χ3v) is 5.35. The molecular formula is C17H26N2. The summed E-state index contributed by atoms with van der Waals surface area (Å²) in [6.45, 7) is 5.93. The van der Waals surface area contributed by atoms with Gasteiger partial charge in [0.25, 0.3) is 0 Å². The van der Waals surface area contributed by atoms with Crippen LogP contribution in [0.2, 0.25) is 0 Å². The summed E-state index contributed by atoms with van der Waals surface area (Å²) in [5.74, 6) is 0.701. The highest BCUT2D eigenvalue weighted by Crippen LogP contribution is 2.32. The summed E-state index contributed by atoms with van der Waals surface area (Å²) in [5, 5.41) is 3.47. The molecular weight excluding hydrogens is 232 g/mol. The van der Waals surface area contributed by atoms with Crippen molar-refractivity contribution < 1.29 is 0 Å². The van der Waals surface area contributed by atoms with E-state index in [0.29, 0.717) is 18.0 Å². The number of hydrogen-bond donors (Lipinski definition) is 1. The van der Waals surface area contributed by atoms with Crippen LogP contribution in [0.1, 0.15) is 37.8 Å². The van der Waals surface area contributed by atoms with Gasteiger partial charge in [0, 0.05) is 24.3 Å². The highest BCUT2D eigenvalue weighted by atomic mass is 15.2. The first-order valence-electron chi connectivity index (χ1n) is 7.76. The maximum absolute atomic E-state index is 3.47. The molecule has 1 saturated heterocycles. The molecule has 0 amide bonds. The van der Waals surface area contributed by atoms with Gasteiger partial charge >= 0.3 is 0 Å². The van der Waals surface area contributed by atoms with Gasteiger partial charge < -0.3 is 10.2 Å². The fourth-order valence-electron chi connectivity index (χ4n) is 3.87. The molecule has 0 spiro atoms. The van der Waals surface area contributed by atoms with E-state index in [1.807, 2.05) is 0 Å². The van der Waals surface area contributed by atoms with Crippen LogP contribution < -0.4 is 10.2 Å². The van der Waals surface area contributed by atoms with Crippen molar-refractivity contribution in [2.24, 2.45) is 5.92 Å². The third kappa shape index (κ3) is 2.27. The fraction of sp³-hybridized carbons (Fsp3) is 0.647. The highest BCUT2D eigenvalue weighted by Gasteiger charge is 2.31. The minimum atomic E-state index is 0.616. The predicted octanol–water partition coefficient (Wildman–Crippen LogP) is 3.00. The summed E-state index contributed by atoms with van der Waals surface area (Å²) in [7, 11) is 2.10. The molecule has 19 heavy (non-hydrogen) atoms. The van der Waals surface area contributed by atoms with Crippen molar-refractivity contribution in [1.29, 1.82) is 0 Å². The minimum absolute atomic E-state index is 0.616. The third-order valence-electron chi connectivity index (χ3n) is 5.35. The lowest BCUT2D eigenvalue weighted by atomic mass is 9.86. The molecule has 0 radical (unpaired) electrons. The second-order valence-corrected chi connectivity index (χ2v) is 6.28. The number of fused-ring (bicyclic) bond motifs is 1. The number of rotatable bonds is 2. The van der Waals surface area contributed by atoms with Crippen LogP contribution in [0, 0.1) is 5.92 Å². The first kappa shape index (κ1) is 13.0. The Balaban J connectivity index is 1.82.